The van der Waals surface area contributed by atoms with Gasteiger partial charge in [0.2, 0.25) is 0 Å². The average molecular weight is 253 g/mol. The molecule has 98 valence electrons. The van der Waals surface area contributed by atoms with Crippen LogP contribution in [-0.2, 0) is 6.42 Å². The summed E-state index contributed by atoms with van der Waals surface area (Å²) in [5, 5.41) is 0. The fourth-order valence-electron chi connectivity index (χ4n) is 2.10. The van der Waals surface area contributed by atoms with Crippen LogP contribution in [0.15, 0.2) is 48.5 Å². The number of hydrogen-bond acceptors (Lipinski definition) is 2. The Bertz CT molecular complexity index is 548. The van der Waals surface area contributed by atoms with Gasteiger partial charge in [-0.25, -0.2) is 0 Å². The summed E-state index contributed by atoms with van der Waals surface area (Å²) >= 11 is 0. The lowest BCUT2D eigenvalue weighted by molar-refractivity contribution is 0.112. The van der Waals surface area contributed by atoms with Crippen LogP contribution in [0, 0.1) is 6.92 Å². The number of benzene rings is 2. The number of rotatable bonds is 5. The number of likely N-dealkylation sites (N-methyl/N-ethyl adjacent to an activating group) is 1. The van der Waals surface area contributed by atoms with Crippen LogP contribution in [0.3, 0.4) is 0 Å². The van der Waals surface area contributed by atoms with Gasteiger partial charge in [0, 0.05) is 24.8 Å². The fourth-order valence-corrected chi connectivity index (χ4v) is 2.10. The minimum absolute atomic E-state index is 0.764. The van der Waals surface area contributed by atoms with Gasteiger partial charge < -0.3 is 4.90 Å². The smallest absolute Gasteiger partial charge is 0.150 e. The predicted octanol–water partition coefficient (Wildman–Crippen LogP) is 3.49. The topological polar surface area (TPSA) is 20.3 Å². The van der Waals surface area contributed by atoms with Gasteiger partial charge in [-0.2, -0.15) is 0 Å². The first kappa shape index (κ1) is 13.3. The first-order chi connectivity index (χ1) is 9.20. The molecule has 2 aromatic carbocycles. The third kappa shape index (κ3) is 3.44. The van der Waals surface area contributed by atoms with E-state index in [-0.39, 0.29) is 0 Å². The summed E-state index contributed by atoms with van der Waals surface area (Å²) in [6, 6.07) is 16.4. The Morgan fingerprint density at radius 2 is 1.84 bits per heavy atom. The number of carbonyl (C=O) groups excluding carboxylic acids is 1. The summed E-state index contributed by atoms with van der Waals surface area (Å²) in [4.78, 5) is 13.0. The van der Waals surface area contributed by atoms with Crippen LogP contribution >= 0.6 is 0 Å². The lowest BCUT2D eigenvalue weighted by Crippen LogP contribution is -2.20. The summed E-state index contributed by atoms with van der Waals surface area (Å²) in [6.45, 7) is 2.93. The Labute approximate surface area is 114 Å². The maximum absolute atomic E-state index is 10.8. The van der Waals surface area contributed by atoms with E-state index in [1.165, 1.54) is 5.56 Å². The second-order valence-corrected chi connectivity index (χ2v) is 4.82. The predicted molar refractivity (Wildman–Crippen MR) is 80.0 cm³/mol. The molecule has 0 aliphatic carbocycles. The highest BCUT2D eigenvalue weighted by Crippen LogP contribution is 2.17. The average Bonchev–Trinajstić information content (AvgIpc) is 2.45. The number of hydrogen-bond donors (Lipinski definition) is 0. The van der Waals surface area contributed by atoms with Gasteiger partial charge in [-0.15, -0.1) is 0 Å². The van der Waals surface area contributed by atoms with Crippen LogP contribution in [-0.4, -0.2) is 19.9 Å². The molecule has 0 fully saturated rings. The Morgan fingerprint density at radius 1 is 1.11 bits per heavy atom. The maximum atomic E-state index is 10.8. The molecule has 0 aliphatic heterocycles. The molecule has 0 amide bonds. The minimum atomic E-state index is 0.764. The monoisotopic (exact) mass is 253 g/mol. The molecule has 0 bridgehead atoms. The Balaban J connectivity index is 2.02. The third-order valence-corrected chi connectivity index (χ3v) is 3.40. The van der Waals surface area contributed by atoms with E-state index >= 15 is 0 Å². The van der Waals surface area contributed by atoms with Crippen molar-refractivity contribution in [2.24, 2.45) is 0 Å². The van der Waals surface area contributed by atoms with Gasteiger partial charge in [-0.3, -0.25) is 4.79 Å². The highest BCUT2D eigenvalue weighted by atomic mass is 16.1. The van der Waals surface area contributed by atoms with E-state index in [9.17, 15) is 4.79 Å². The summed E-state index contributed by atoms with van der Waals surface area (Å²) in [5.41, 5.74) is 4.29. The zero-order valence-electron chi connectivity index (χ0n) is 11.5. The largest absolute Gasteiger partial charge is 0.374 e. The van der Waals surface area contributed by atoms with Crippen molar-refractivity contribution in [3.8, 4) is 0 Å². The second kappa shape index (κ2) is 6.19. The van der Waals surface area contributed by atoms with Gasteiger partial charge in [0.05, 0.1) is 0 Å². The van der Waals surface area contributed by atoms with Crippen LogP contribution < -0.4 is 4.90 Å². The molecule has 0 saturated heterocycles. The van der Waals surface area contributed by atoms with E-state index in [0.29, 0.717) is 0 Å². The fraction of sp³-hybridized carbons (Fsp3) is 0.235. The van der Waals surface area contributed by atoms with Gasteiger partial charge in [-0.05, 0) is 42.7 Å². The summed E-state index contributed by atoms with van der Waals surface area (Å²) in [5.74, 6) is 0. The van der Waals surface area contributed by atoms with E-state index in [0.717, 1.165) is 36.1 Å². The van der Waals surface area contributed by atoms with Crippen molar-refractivity contribution < 1.29 is 4.79 Å². The summed E-state index contributed by atoms with van der Waals surface area (Å²) < 4.78 is 0. The molecule has 0 heterocycles. The molecule has 0 radical (unpaired) electrons. The molecule has 19 heavy (non-hydrogen) atoms. The zero-order valence-corrected chi connectivity index (χ0v) is 11.5. The van der Waals surface area contributed by atoms with Crippen LogP contribution in [0.1, 0.15) is 21.5 Å². The molecule has 0 aliphatic rings. The zero-order chi connectivity index (χ0) is 13.7. The molecule has 0 aromatic heterocycles. The lowest BCUT2D eigenvalue weighted by atomic mass is 10.1. The van der Waals surface area contributed by atoms with E-state index in [4.69, 9.17) is 0 Å². The molecular formula is C17H19NO. The first-order valence-corrected chi connectivity index (χ1v) is 6.51. The summed E-state index contributed by atoms with van der Waals surface area (Å²) in [7, 11) is 2.08. The molecule has 0 N–H and O–H groups in total. The van der Waals surface area contributed by atoms with Crippen LogP contribution in [0.2, 0.25) is 0 Å². The second-order valence-electron chi connectivity index (χ2n) is 4.82. The number of aldehydes is 1. The van der Waals surface area contributed by atoms with Crippen molar-refractivity contribution in [1.29, 1.82) is 0 Å². The number of carbonyl (C=O) groups is 1. The molecule has 0 unspecified atom stereocenters. The Morgan fingerprint density at radius 3 is 2.47 bits per heavy atom. The van der Waals surface area contributed by atoms with Gasteiger partial charge in [0.25, 0.3) is 0 Å². The van der Waals surface area contributed by atoms with Crippen LogP contribution in [0.5, 0.6) is 0 Å². The normalized spacial score (nSPS) is 10.2. The standard InChI is InChI=1S/C17H19NO/c1-14-12-17(9-8-16(14)13-19)18(2)11-10-15-6-4-3-5-7-15/h3-9,12-13H,10-11H2,1-2H3. The van der Waals surface area contributed by atoms with Crippen molar-refractivity contribution in [3.63, 3.8) is 0 Å². The minimum Gasteiger partial charge on any atom is -0.374 e. The number of aryl methyl sites for hydroxylation is 1. The lowest BCUT2D eigenvalue weighted by Gasteiger charge is -2.20. The SMILES string of the molecule is Cc1cc(N(C)CCc2ccccc2)ccc1C=O. The summed E-state index contributed by atoms with van der Waals surface area (Å²) in [6.07, 6.45) is 1.93. The van der Waals surface area contributed by atoms with Crippen LogP contribution in [0.25, 0.3) is 0 Å². The molecule has 2 nitrogen and oxygen atoms in total. The number of anilines is 1. The first-order valence-electron chi connectivity index (χ1n) is 6.51. The van der Waals surface area contributed by atoms with Crippen molar-refractivity contribution in [3.05, 3.63) is 65.2 Å². The van der Waals surface area contributed by atoms with Crippen molar-refractivity contribution in [2.75, 3.05) is 18.5 Å². The highest BCUT2D eigenvalue weighted by Gasteiger charge is 2.04. The van der Waals surface area contributed by atoms with Crippen molar-refractivity contribution in [1.82, 2.24) is 0 Å². The van der Waals surface area contributed by atoms with Gasteiger partial charge >= 0.3 is 0 Å². The molecule has 2 rings (SSSR count). The molecular weight excluding hydrogens is 234 g/mol. The van der Waals surface area contributed by atoms with E-state index in [1.54, 1.807) is 0 Å². The van der Waals surface area contributed by atoms with E-state index < -0.39 is 0 Å². The Hall–Kier alpha value is -2.09. The van der Waals surface area contributed by atoms with Gasteiger partial charge in [-0.1, -0.05) is 30.3 Å². The molecule has 0 atom stereocenters. The molecule has 2 aromatic rings. The highest BCUT2D eigenvalue weighted by molar-refractivity contribution is 5.78. The van der Waals surface area contributed by atoms with Gasteiger partial charge in [0.15, 0.2) is 0 Å². The Kier molecular flexibility index (Phi) is 4.35. The molecule has 2 heteroatoms. The molecule has 0 saturated carbocycles. The maximum Gasteiger partial charge on any atom is 0.150 e. The van der Waals surface area contributed by atoms with E-state index in [2.05, 4.69) is 42.3 Å². The van der Waals surface area contributed by atoms with E-state index in [1.807, 2.05) is 25.1 Å². The van der Waals surface area contributed by atoms with Gasteiger partial charge in [0.1, 0.15) is 6.29 Å². The van der Waals surface area contributed by atoms with Crippen LogP contribution in [0.4, 0.5) is 5.69 Å². The third-order valence-electron chi connectivity index (χ3n) is 3.40. The van der Waals surface area contributed by atoms with Crippen molar-refractivity contribution in [2.45, 2.75) is 13.3 Å². The quantitative estimate of drug-likeness (QED) is 0.760. The molecule has 0 spiro atoms. The van der Waals surface area contributed by atoms with Crippen molar-refractivity contribution >= 4 is 12.0 Å². The number of nitrogens with zero attached hydrogens (tertiary/aromatic N) is 1.